The normalized spacial score (nSPS) is 14.5. The Morgan fingerprint density at radius 2 is 1.63 bits per heavy atom. The fraction of sp³-hybridized carbons (Fsp3) is 0.240. The Balaban J connectivity index is 1.60. The van der Waals surface area contributed by atoms with Crippen LogP contribution in [-0.2, 0) is 16.6 Å². The summed E-state index contributed by atoms with van der Waals surface area (Å²) in [5, 5.41) is 3.23. The van der Waals surface area contributed by atoms with Gasteiger partial charge in [-0.2, -0.15) is 0 Å². The molecule has 1 aliphatic rings. The Bertz CT molecular complexity index is 1290. The van der Waals surface area contributed by atoms with Crippen molar-refractivity contribution in [3.63, 3.8) is 0 Å². The van der Waals surface area contributed by atoms with Gasteiger partial charge in [0.1, 0.15) is 5.82 Å². The molecule has 3 aromatic carbocycles. The molecule has 1 saturated heterocycles. The fourth-order valence-electron chi connectivity index (χ4n) is 3.79. The molecule has 1 fully saturated rings. The largest absolute Gasteiger partial charge is 0.367 e. The maximum Gasteiger partial charge on any atom is 0.261 e. The summed E-state index contributed by atoms with van der Waals surface area (Å²) in [4.78, 5) is 17.2. The topological polar surface area (TPSA) is 81.8 Å². The van der Waals surface area contributed by atoms with Crippen LogP contribution >= 0.6 is 11.6 Å². The number of hydrogen-bond acceptors (Lipinski definition) is 5. The van der Waals surface area contributed by atoms with E-state index in [0.29, 0.717) is 22.0 Å². The SMILES string of the molecule is CN1CCN(c2ccc(C(=O)NCc3ccc(F)cc3)cc2NS(=O)(=O)c2ccc(Cl)cc2)CC1. The van der Waals surface area contributed by atoms with E-state index in [2.05, 4.69) is 19.8 Å². The number of carbonyl (C=O) groups excluding carboxylic acids is 1. The summed E-state index contributed by atoms with van der Waals surface area (Å²) in [6, 6.07) is 16.7. The maximum atomic E-state index is 13.1. The number of sulfonamides is 1. The minimum absolute atomic E-state index is 0.0670. The molecule has 0 aromatic heterocycles. The summed E-state index contributed by atoms with van der Waals surface area (Å²) in [7, 11) is -1.88. The number of benzene rings is 3. The van der Waals surface area contributed by atoms with Gasteiger partial charge in [-0.3, -0.25) is 9.52 Å². The first kappa shape index (κ1) is 25.0. The van der Waals surface area contributed by atoms with Crippen LogP contribution < -0.4 is 14.9 Å². The molecule has 0 saturated carbocycles. The second-order valence-corrected chi connectivity index (χ2v) is 10.5. The van der Waals surface area contributed by atoms with Crippen molar-refractivity contribution >= 4 is 38.9 Å². The van der Waals surface area contributed by atoms with Crippen LogP contribution in [0.4, 0.5) is 15.8 Å². The van der Waals surface area contributed by atoms with Crippen molar-refractivity contribution in [2.75, 3.05) is 42.8 Å². The van der Waals surface area contributed by atoms with E-state index < -0.39 is 10.0 Å². The third kappa shape index (κ3) is 6.30. The first-order valence-corrected chi connectivity index (χ1v) is 13.0. The van der Waals surface area contributed by atoms with Crippen LogP contribution in [0, 0.1) is 5.82 Å². The van der Waals surface area contributed by atoms with Crippen molar-refractivity contribution < 1.29 is 17.6 Å². The molecule has 0 atom stereocenters. The first-order chi connectivity index (χ1) is 16.7. The van der Waals surface area contributed by atoms with Gasteiger partial charge in [-0.25, -0.2) is 12.8 Å². The van der Waals surface area contributed by atoms with Crippen LogP contribution in [0.3, 0.4) is 0 Å². The predicted octanol–water partition coefficient (Wildman–Crippen LogP) is 3.96. The number of piperazine rings is 1. The van der Waals surface area contributed by atoms with Gasteiger partial charge in [-0.05, 0) is 67.2 Å². The lowest BCUT2D eigenvalue weighted by Crippen LogP contribution is -2.44. The highest BCUT2D eigenvalue weighted by atomic mass is 35.5. The Kier molecular flexibility index (Phi) is 7.59. The zero-order valence-corrected chi connectivity index (χ0v) is 20.7. The molecule has 0 radical (unpaired) electrons. The molecule has 0 spiro atoms. The maximum absolute atomic E-state index is 13.1. The third-order valence-corrected chi connectivity index (χ3v) is 7.47. The lowest BCUT2D eigenvalue weighted by atomic mass is 10.1. The lowest BCUT2D eigenvalue weighted by Gasteiger charge is -2.35. The van der Waals surface area contributed by atoms with E-state index in [1.807, 2.05) is 7.05 Å². The highest BCUT2D eigenvalue weighted by Gasteiger charge is 2.22. The Hall–Kier alpha value is -3.14. The lowest BCUT2D eigenvalue weighted by molar-refractivity contribution is 0.0951. The van der Waals surface area contributed by atoms with Crippen molar-refractivity contribution in [3.8, 4) is 0 Å². The summed E-state index contributed by atoms with van der Waals surface area (Å²) < 4.78 is 42.0. The van der Waals surface area contributed by atoms with Crippen LogP contribution in [0.2, 0.25) is 5.02 Å². The molecule has 1 aliphatic heterocycles. The number of rotatable bonds is 7. The van der Waals surface area contributed by atoms with Crippen molar-refractivity contribution in [2.45, 2.75) is 11.4 Å². The highest BCUT2D eigenvalue weighted by molar-refractivity contribution is 7.92. The van der Waals surface area contributed by atoms with Gasteiger partial charge in [-0.15, -0.1) is 0 Å². The number of nitrogens with one attached hydrogen (secondary N) is 2. The molecular weight excluding hydrogens is 491 g/mol. The van der Waals surface area contributed by atoms with E-state index in [1.165, 1.54) is 36.4 Å². The molecule has 4 rings (SSSR count). The molecule has 1 amide bonds. The standard InChI is InChI=1S/C25H26ClFN4O3S/c1-30-12-14-31(15-13-30)24-11-4-19(25(32)28-17-18-2-7-21(27)8-3-18)16-23(24)29-35(33,34)22-9-5-20(26)6-10-22/h2-11,16,29H,12-15,17H2,1H3,(H,28,32). The van der Waals surface area contributed by atoms with E-state index in [9.17, 15) is 17.6 Å². The van der Waals surface area contributed by atoms with Crippen LogP contribution in [0.1, 0.15) is 15.9 Å². The van der Waals surface area contributed by atoms with E-state index in [4.69, 9.17) is 11.6 Å². The number of amides is 1. The second-order valence-electron chi connectivity index (χ2n) is 8.39. The number of nitrogens with zero attached hydrogens (tertiary/aromatic N) is 2. The summed E-state index contributed by atoms with van der Waals surface area (Å²) in [6.45, 7) is 3.34. The Labute approximate surface area is 209 Å². The zero-order chi connectivity index (χ0) is 25.0. The molecule has 0 bridgehead atoms. The van der Waals surface area contributed by atoms with Crippen LogP contribution in [0.25, 0.3) is 0 Å². The monoisotopic (exact) mass is 516 g/mol. The Morgan fingerprint density at radius 3 is 2.29 bits per heavy atom. The van der Waals surface area contributed by atoms with Crippen LogP contribution in [0.15, 0.2) is 71.6 Å². The summed E-state index contributed by atoms with van der Waals surface area (Å²) >= 11 is 5.91. The van der Waals surface area contributed by atoms with Gasteiger partial charge in [0, 0.05) is 43.3 Å². The molecule has 2 N–H and O–H groups in total. The van der Waals surface area contributed by atoms with Crippen LogP contribution in [-0.4, -0.2) is 52.5 Å². The van der Waals surface area contributed by atoms with Crippen molar-refractivity contribution in [2.24, 2.45) is 0 Å². The quantitative estimate of drug-likeness (QED) is 0.497. The van der Waals surface area contributed by atoms with Gasteiger partial charge in [0.2, 0.25) is 0 Å². The predicted molar refractivity (Wildman–Crippen MR) is 136 cm³/mol. The molecule has 10 heteroatoms. The molecular formula is C25H26ClFN4O3S. The molecule has 35 heavy (non-hydrogen) atoms. The van der Waals surface area contributed by atoms with Gasteiger partial charge in [0.25, 0.3) is 15.9 Å². The third-order valence-electron chi connectivity index (χ3n) is 5.84. The minimum atomic E-state index is -3.92. The first-order valence-electron chi connectivity index (χ1n) is 11.1. The average molecular weight is 517 g/mol. The van der Waals surface area contributed by atoms with Crippen molar-refractivity contribution in [1.29, 1.82) is 0 Å². The average Bonchev–Trinajstić information content (AvgIpc) is 2.84. The molecule has 3 aromatic rings. The van der Waals surface area contributed by atoms with E-state index in [0.717, 1.165) is 31.7 Å². The zero-order valence-electron chi connectivity index (χ0n) is 19.2. The summed E-state index contributed by atoms with van der Waals surface area (Å²) in [5.41, 5.74) is 2.07. The molecule has 0 unspecified atom stereocenters. The van der Waals surface area contributed by atoms with Gasteiger partial charge in [0.05, 0.1) is 16.3 Å². The number of likely N-dealkylation sites (N-methyl/N-ethyl adjacent to an activating group) is 1. The van der Waals surface area contributed by atoms with E-state index in [1.54, 1.807) is 30.3 Å². The highest BCUT2D eigenvalue weighted by Crippen LogP contribution is 2.30. The molecule has 184 valence electrons. The number of halogens is 2. The summed E-state index contributed by atoms with van der Waals surface area (Å²) in [5.74, 6) is -0.719. The summed E-state index contributed by atoms with van der Waals surface area (Å²) in [6.07, 6.45) is 0. The molecule has 7 nitrogen and oxygen atoms in total. The number of hydrogen-bond donors (Lipinski definition) is 2. The van der Waals surface area contributed by atoms with Gasteiger partial charge < -0.3 is 15.1 Å². The van der Waals surface area contributed by atoms with Gasteiger partial charge >= 0.3 is 0 Å². The number of carbonyl (C=O) groups is 1. The second kappa shape index (κ2) is 10.6. The number of anilines is 2. The molecule has 1 heterocycles. The van der Waals surface area contributed by atoms with E-state index >= 15 is 0 Å². The van der Waals surface area contributed by atoms with Gasteiger partial charge in [0.15, 0.2) is 0 Å². The fourth-order valence-corrected chi connectivity index (χ4v) is 4.98. The Morgan fingerprint density at radius 1 is 0.971 bits per heavy atom. The van der Waals surface area contributed by atoms with Gasteiger partial charge in [-0.1, -0.05) is 23.7 Å². The van der Waals surface area contributed by atoms with Crippen molar-refractivity contribution in [1.82, 2.24) is 10.2 Å². The smallest absolute Gasteiger partial charge is 0.261 e. The molecule has 0 aliphatic carbocycles. The minimum Gasteiger partial charge on any atom is -0.367 e. The van der Waals surface area contributed by atoms with Crippen molar-refractivity contribution in [3.05, 3.63) is 88.7 Å². The van der Waals surface area contributed by atoms with E-state index in [-0.39, 0.29) is 23.2 Å². The van der Waals surface area contributed by atoms with Crippen LogP contribution in [0.5, 0.6) is 0 Å².